The molecule has 0 radical (unpaired) electrons. The van der Waals surface area contributed by atoms with Crippen LogP contribution in [0.25, 0.3) is 22.2 Å². The van der Waals surface area contributed by atoms with Gasteiger partial charge in [0.1, 0.15) is 11.2 Å². The van der Waals surface area contributed by atoms with Crippen LogP contribution in [0.2, 0.25) is 0 Å². The molecule has 0 saturated carbocycles. The van der Waals surface area contributed by atoms with Crippen LogP contribution in [0.15, 0.2) is 47.4 Å². The molecule has 0 atom stereocenters. The summed E-state index contributed by atoms with van der Waals surface area (Å²) in [4.78, 5) is 26.7. The highest BCUT2D eigenvalue weighted by Gasteiger charge is 2.10. The average Bonchev–Trinajstić information content (AvgIpc) is 2.48. The smallest absolute Gasteiger partial charge is 0.335 e. The van der Waals surface area contributed by atoms with Gasteiger partial charge in [0.15, 0.2) is 0 Å². The van der Waals surface area contributed by atoms with Gasteiger partial charge in [0.2, 0.25) is 0 Å². The van der Waals surface area contributed by atoms with Gasteiger partial charge in [-0.05, 0) is 24.3 Å². The Kier molecular flexibility index (Phi) is 2.76. The summed E-state index contributed by atoms with van der Waals surface area (Å²) in [5.41, 5.74) is 1.57. The summed E-state index contributed by atoms with van der Waals surface area (Å²) in [7, 11) is 0. The normalized spacial score (nSPS) is 10.6. The van der Waals surface area contributed by atoms with Gasteiger partial charge in [0.05, 0.1) is 10.9 Å². The molecule has 0 saturated heterocycles. The first-order chi connectivity index (χ1) is 9.66. The monoisotopic (exact) mass is 267 g/mol. The van der Waals surface area contributed by atoms with Gasteiger partial charge in [-0.25, -0.2) is 9.89 Å². The zero-order valence-electron chi connectivity index (χ0n) is 10.2. The minimum Gasteiger partial charge on any atom is -0.478 e. The Morgan fingerprint density at radius 2 is 1.90 bits per heavy atom. The molecule has 1 aromatic carbocycles. The van der Waals surface area contributed by atoms with Gasteiger partial charge in [-0.1, -0.05) is 12.1 Å². The third-order valence-electron chi connectivity index (χ3n) is 2.95. The minimum absolute atomic E-state index is 0.190. The number of nitrogens with zero attached hydrogens (tertiary/aromatic N) is 2. The zero-order chi connectivity index (χ0) is 14.1. The van der Waals surface area contributed by atoms with Crippen LogP contribution in [-0.2, 0) is 0 Å². The molecule has 6 heteroatoms. The minimum atomic E-state index is -0.992. The second-order valence-electron chi connectivity index (χ2n) is 4.18. The molecule has 2 heterocycles. The molecule has 3 aromatic rings. The molecule has 0 spiro atoms. The fraction of sp³-hybridized carbons (Fsp3) is 0. The number of carbonyl (C=O) groups is 1. The zero-order valence-corrected chi connectivity index (χ0v) is 10.2. The van der Waals surface area contributed by atoms with Gasteiger partial charge in [0, 0.05) is 11.8 Å². The summed E-state index contributed by atoms with van der Waals surface area (Å²) >= 11 is 0. The van der Waals surface area contributed by atoms with E-state index in [4.69, 9.17) is 5.11 Å². The molecule has 2 aromatic heterocycles. The maximum atomic E-state index is 11.7. The maximum Gasteiger partial charge on any atom is 0.335 e. The first-order valence-corrected chi connectivity index (χ1v) is 5.84. The van der Waals surface area contributed by atoms with E-state index in [-0.39, 0.29) is 11.1 Å². The lowest BCUT2D eigenvalue weighted by Gasteiger charge is -2.04. The highest BCUT2D eigenvalue weighted by Crippen LogP contribution is 2.22. The lowest BCUT2D eigenvalue weighted by Crippen LogP contribution is -2.10. The van der Waals surface area contributed by atoms with Crippen molar-refractivity contribution in [1.82, 2.24) is 15.2 Å². The summed E-state index contributed by atoms with van der Waals surface area (Å²) in [5.74, 6) is -0.992. The molecular formula is C14H9N3O3. The molecule has 0 aliphatic heterocycles. The van der Waals surface area contributed by atoms with E-state index in [0.29, 0.717) is 22.2 Å². The lowest BCUT2D eigenvalue weighted by molar-refractivity contribution is 0.0697. The Morgan fingerprint density at radius 3 is 2.60 bits per heavy atom. The number of carboxylic acid groups (broad SMARTS) is 1. The number of pyridine rings is 1. The van der Waals surface area contributed by atoms with Crippen molar-refractivity contribution in [2.45, 2.75) is 0 Å². The summed E-state index contributed by atoms with van der Waals surface area (Å²) in [6.45, 7) is 0. The molecule has 0 fully saturated rings. The predicted octanol–water partition coefficient (Wildman–Crippen LogP) is 1.68. The van der Waals surface area contributed by atoms with E-state index in [1.54, 1.807) is 30.5 Å². The molecular weight excluding hydrogens is 258 g/mol. The summed E-state index contributed by atoms with van der Waals surface area (Å²) in [6, 6.07) is 9.59. The van der Waals surface area contributed by atoms with Crippen molar-refractivity contribution in [1.29, 1.82) is 0 Å². The summed E-state index contributed by atoms with van der Waals surface area (Å²) < 4.78 is 0. The van der Waals surface area contributed by atoms with Crippen molar-refractivity contribution in [2.75, 3.05) is 0 Å². The number of rotatable bonds is 2. The molecule has 0 aliphatic rings. The third kappa shape index (κ3) is 1.93. The highest BCUT2D eigenvalue weighted by atomic mass is 16.4. The van der Waals surface area contributed by atoms with Crippen molar-refractivity contribution in [2.24, 2.45) is 0 Å². The van der Waals surface area contributed by atoms with Crippen LogP contribution < -0.4 is 5.56 Å². The number of aromatic carboxylic acids is 1. The largest absolute Gasteiger partial charge is 0.478 e. The van der Waals surface area contributed by atoms with E-state index in [2.05, 4.69) is 15.2 Å². The van der Waals surface area contributed by atoms with Crippen molar-refractivity contribution < 1.29 is 9.90 Å². The molecule has 98 valence electrons. The molecule has 0 bridgehead atoms. The fourth-order valence-electron chi connectivity index (χ4n) is 1.97. The second kappa shape index (κ2) is 4.58. The van der Waals surface area contributed by atoms with E-state index in [1.165, 1.54) is 12.1 Å². The molecule has 3 rings (SSSR count). The average molecular weight is 267 g/mol. The molecule has 0 amide bonds. The van der Waals surface area contributed by atoms with Crippen molar-refractivity contribution in [3.8, 4) is 11.3 Å². The van der Waals surface area contributed by atoms with E-state index in [1.807, 2.05) is 0 Å². The van der Waals surface area contributed by atoms with Crippen LogP contribution in [0.3, 0.4) is 0 Å². The number of fused-ring (bicyclic) bond motifs is 1. The topological polar surface area (TPSA) is 95.9 Å². The van der Waals surface area contributed by atoms with E-state index < -0.39 is 5.97 Å². The van der Waals surface area contributed by atoms with E-state index in [9.17, 15) is 9.59 Å². The van der Waals surface area contributed by atoms with Gasteiger partial charge >= 0.3 is 5.97 Å². The number of hydrogen-bond donors (Lipinski definition) is 2. The van der Waals surface area contributed by atoms with Crippen LogP contribution >= 0.6 is 0 Å². The first-order valence-electron chi connectivity index (χ1n) is 5.84. The van der Waals surface area contributed by atoms with Crippen LogP contribution in [0.4, 0.5) is 0 Å². The van der Waals surface area contributed by atoms with Crippen molar-refractivity contribution in [3.05, 3.63) is 58.5 Å². The number of H-pyrrole nitrogens is 1. The van der Waals surface area contributed by atoms with E-state index in [0.717, 1.165) is 0 Å². The number of carboxylic acids is 1. The molecule has 6 nitrogen and oxygen atoms in total. The number of aromatic amines is 1. The van der Waals surface area contributed by atoms with Gasteiger partial charge in [-0.3, -0.25) is 9.78 Å². The fourth-order valence-corrected chi connectivity index (χ4v) is 1.97. The number of benzene rings is 1. The number of nitrogens with one attached hydrogen (secondary N) is 1. The Morgan fingerprint density at radius 1 is 1.15 bits per heavy atom. The Labute approximate surface area is 112 Å². The molecule has 0 aliphatic carbocycles. The molecule has 2 N–H and O–H groups in total. The van der Waals surface area contributed by atoms with Crippen molar-refractivity contribution >= 4 is 16.9 Å². The van der Waals surface area contributed by atoms with Crippen LogP contribution in [0.5, 0.6) is 0 Å². The SMILES string of the molecule is O=C(O)c1ccc(-c2n[nH]c(=O)c3cccnc23)cc1. The summed E-state index contributed by atoms with van der Waals surface area (Å²) in [6.07, 6.45) is 1.58. The van der Waals surface area contributed by atoms with Crippen molar-refractivity contribution in [3.63, 3.8) is 0 Å². The highest BCUT2D eigenvalue weighted by molar-refractivity contribution is 5.92. The number of aromatic nitrogens is 3. The van der Waals surface area contributed by atoms with Gasteiger partial charge in [-0.15, -0.1) is 0 Å². The predicted molar refractivity (Wildman–Crippen MR) is 72.6 cm³/mol. The summed E-state index contributed by atoms with van der Waals surface area (Å²) in [5, 5.41) is 15.7. The Balaban J connectivity index is 2.22. The molecule has 0 unspecified atom stereocenters. The third-order valence-corrected chi connectivity index (χ3v) is 2.95. The van der Waals surface area contributed by atoms with Gasteiger partial charge in [-0.2, -0.15) is 5.10 Å². The Bertz CT molecular complexity index is 853. The number of hydrogen-bond acceptors (Lipinski definition) is 4. The quantitative estimate of drug-likeness (QED) is 0.736. The maximum absolute atomic E-state index is 11.7. The van der Waals surface area contributed by atoms with E-state index >= 15 is 0 Å². The second-order valence-corrected chi connectivity index (χ2v) is 4.18. The van der Waals surface area contributed by atoms with Gasteiger partial charge in [0.25, 0.3) is 5.56 Å². The van der Waals surface area contributed by atoms with Crippen LogP contribution in [0, 0.1) is 0 Å². The standard InChI is InChI=1S/C14H9N3O3/c18-13-10-2-1-7-15-12(10)11(16-17-13)8-3-5-9(6-4-8)14(19)20/h1-7H,(H,17,18)(H,19,20). The van der Waals surface area contributed by atoms with Crippen LogP contribution in [-0.4, -0.2) is 26.3 Å². The first kappa shape index (κ1) is 12.0. The van der Waals surface area contributed by atoms with Gasteiger partial charge < -0.3 is 5.11 Å². The molecule has 20 heavy (non-hydrogen) atoms. The lowest BCUT2D eigenvalue weighted by atomic mass is 10.1. The van der Waals surface area contributed by atoms with Crippen LogP contribution in [0.1, 0.15) is 10.4 Å². The Hall–Kier alpha value is -3.02.